The quantitative estimate of drug-likeness (QED) is 0.845. The second kappa shape index (κ2) is 8.17. The molecule has 1 aliphatic heterocycles. The first kappa shape index (κ1) is 21.0. The van der Waals surface area contributed by atoms with Crippen LogP contribution in [0.1, 0.15) is 32.3 Å². The number of ether oxygens (including phenoxy) is 1. The topological polar surface area (TPSA) is 92.9 Å². The van der Waals surface area contributed by atoms with E-state index >= 15 is 0 Å². The first-order valence-electron chi connectivity index (χ1n) is 8.74. The molecular formula is C19H26ClN3O4. The van der Waals surface area contributed by atoms with E-state index in [1.54, 1.807) is 32.9 Å². The zero-order valence-corrected chi connectivity index (χ0v) is 16.8. The van der Waals surface area contributed by atoms with Crippen LogP contribution in [-0.4, -0.2) is 60.0 Å². The highest BCUT2D eigenvalue weighted by atomic mass is 35.5. The molecule has 2 rings (SSSR count). The van der Waals surface area contributed by atoms with Crippen LogP contribution in [0.15, 0.2) is 24.3 Å². The second-order valence-electron chi connectivity index (χ2n) is 7.81. The Balaban J connectivity index is 2.26. The molecule has 2 N–H and O–H groups in total. The van der Waals surface area contributed by atoms with Crippen molar-refractivity contribution in [2.24, 2.45) is 11.7 Å². The third kappa shape index (κ3) is 5.60. The van der Waals surface area contributed by atoms with Gasteiger partial charge in [-0.25, -0.2) is 4.79 Å². The molecule has 0 aliphatic carbocycles. The van der Waals surface area contributed by atoms with E-state index in [0.717, 1.165) is 5.56 Å². The third-order valence-corrected chi connectivity index (χ3v) is 4.61. The maximum Gasteiger partial charge on any atom is 0.410 e. The Hall–Kier alpha value is -2.28. The molecule has 1 aromatic rings. The summed E-state index contributed by atoms with van der Waals surface area (Å²) in [4.78, 5) is 39.4. The standard InChI is InChI=1S/C19H26ClN3O4/c1-19(2,3)27-18(26)23-9-14(12-5-7-13(20)8-6-12)15(10-23)17(25)22(4)11-16(21)24/h5-8,14-15H,9-11H2,1-4H3,(H2,21,24)/t14-,15+/m0/s1. The Kier molecular flexibility index (Phi) is 6.36. The molecule has 0 saturated carbocycles. The van der Waals surface area contributed by atoms with Crippen LogP contribution in [-0.2, 0) is 14.3 Å². The van der Waals surface area contributed by atoms with Crippen molar-refractivity contribution in [1.29, 1.82) is 0 Å². The molecule has 1 aliphatic rings. The van der Waals surface area contributed by atoms with Gasteiger partial charge in [-0.2, -0.15) is 0 Å². The van der Waals surface area contributed by atoms with Gasteiger partial charge in [-0.1, -0.05) is 23.7 Å². The summed E-state index contributed by atoms with van der Waals surface area (Å²) >= 11 is 5.97. The van der Waals surface area contributed by atoms with Crippen LogP contribution in [0.4, 0.5) is 4.79 Å². The van der Waals surface area contributed by atoms with Crippen molar-refractivity contribution in [3.05, 3.63) is 34.9 Å². The van der Waals surface area contributed by atoms with Crippen molar-refractivity contribution >= 4 is 29.5 Å². The number of hydrogen-bond donors (Lipinski definition) is 1. The number of likely N-dealkylation sites (tertiary alicyclic amines) is 1. The molecule has 0 unspecified atom stereocenters. The largest absolute Gasteiger partial charge is 0.444 e. The fourth-order valence-corrected chi connectivity index (χ4v) is 3.30. The Morgan fingerprint density at radius 3 is 2.33 bits per heavy atom. The van der Waals surface area contributed by atoms with Crippen LogP contribution >= 0.6 is 11.6 Å². The van der Waals surface area contributed by atoms with E-state index in [0.29, 0.717) is 11.6 Å². The van der Waals surface area contributed by atoms with Crippen LogP contribution in [0.3, 0.4) is 0 Å². The molecule has 1 fully saturated rings. The maximum absolute atomic E-state index is 12.9. The van der Waals surface area contributed by atoms with Crippen LogP contribution in [0.5, 0.6) is 0 Å². The molecule has 7 nitrogen and oxygen atoms in total. The van der Waals surface area contributed by atoms with Crippen LogP contribution < -0.4 is 5.73 Å². The Morgan fingerprint density at radius 1 is 1.22 bits per heavy atom. The summed E-state index contributed by atoms with van der Waals surface area (Å²) < 4.78 is 5.44. The van der Waals surface area contributed by atoms with Gasteiger partial charge in [-0.3, -0.25) is 9.59 Å². The molecule has 0 radical (unpaired) electrons. The zero-order chi connectivity index (χ0) is 20.4. The monoisotopic (exact) mass is 395 g/mol. The van der Waals surface area contributed by atoms with Crippen molar-refractivity contribution in [2.45, 2.75) is 32.3 Å². The number of primary amides is 1. The molecule has 0 spiro atoms. The molecule has 2 atom stereocenters. The van der Waals surface area contributed by atoms with Gasteiger partial charge in [0.2, 0.25) is 11.8 Å². The van der Waals surface area contributed by atoms with Crippen LogP contribution in [0, 0.1) is 5.92 Å². The average molecular weight is 396 g/mol. The van der Waals surface area contributed by atoms with Gasteiger partial charge in [0.15, 0.2) is 0 Å². The lowest BCUT2D eigenvalue weighted by molar-refractivity contribution is -0.137. The molecule has 1 saturated heterocycles. The summed E-state index contributed by atoms with van der Waals surface area (Å²) in [5, 5.41) is 0.592. The summed E-state index contributed by atoms with van der Waals surface area (Å²) in [6, 6.07) is 7.20. The van der Waals surface area contributed by atoms with Gasteiger partial charge in [0, 0.05) is 31.1 Å². The first-order valence-corrected chi connectivity index (χ1v) is 9.12. The van der Waals surface area contributed by atoms with Crippen molar-refractivity contribution in [3.8, 4) is 0 Å². The number of carbonyl (C=O) groups excluding carboxylic acids is 3. The van der Waals surface area contributed by atoms with Crippen LogP contribution in [0.2, 0.25) is 5.02 Å². The molecule has 1 aromatic carbocycles. The van der Waals surface area contributed by atoms with Crippen molar-refractivity contribution in [2.75, 3.05) is 26.7 Å². The predicted octanol–water partition coefficient (Wildman–Crippen LogP) is 2.23. The van der Waals surface area contributed by atoms with E-state index < -0.39 is 23.5 Å². The lowest BCUT2D eigenvalue weighted by atomic mass is 9.88. The number of likely N-dealkylation sites (N-methyl/N-ethyl adjacent to an activating group) is 1. The summed E-state index contributed by atoms with van der Waals surface area (Å²) in [6.07, 6.45) is -0.464. The highest BCUT2D eigenvalue weighted by Crippen LogP contribution is 2.35. The van der Waals surface area contributed by atoms with Gasteiger partial charge < -0.3 is 20.3 Å². The molecule has 1 heterocycles. The number of nitrogens with zero attached hydrogens (tertiary/aromatic N) is 2. The number of amides is 3. The first-order chi connectivity index (χ1) is 12.5. The lowest BCUT2D eigenvalue weighted by Gasteiger charge is -2.24. The molecule has 3 amide bonds. The summed E-state index contributed by atoms with van der Waals surface area (Å²) in [7, 11) is 1.53. The smallest absolute Gasteiger partial charge is 0.410 e. The molecule has 27 heavy (non-hydrogen) atoms. The van der Waals surface area contributed by atoms with E-state index in [9.17, 15) is 14.4 Å². The van der Waals surface area contributed by atoms with Crippen LogP contribution in [0.25, 0.3) is 0 Å². The lowest BCUT2D eigenvalue weighted by Crippen LogP contribution is -2.41. The number of carbonyl (C=O) groups is 3. The Morgan fingerprint density at radius 2 is 1.81 bits per heavy atom. The Bertz CT molecular complexity index is 715. The van der Waals surface area contributed by atoms with E-state index in [2.05, 4.69) is 0 Å². The average Bonchev–Trinajstić information content (AvgIpc) is 2.98. The van der Waals surface area contributed by atoms with E-state index in [1.807, 2.05) is 12.1 Å². The summed E-state index contributed by atoms with van der Waals surface area (Å²) in [5.41, 5.74) is 5.48. The molecule has 0 bridgehead atoms. The predicted molar refractivity (Wildman–Crippen MR) is 102 cm³/mol. The third-order valence-electron chi connectivity index (χ3n) is 4.36. The Labute approximate surface area is 164 Å². The van der Waals surface area contributed by atoms with Crippen molar-refractivity contribution in [3.63, 3.8) is 0 Å². The summed E-state index contributed by atoms with van der Waals surface area (Å²) in [5.74, 6) is -1.55. The number of halogens is 1. The number of hydrogen-bond acceptors (Lipinski definition) is 4. The van der Waals surface area contributed by atoms with Gasteiger partial charge in [0.05, 0.1) is 12.5 Å². The van der Waals surface area contributed by atoms with Gasteiger partial charge in [0.1, 0.15) is 5.60 Å². The second-order valence-corrected chi connectivity index (χ2v) is 8.25. The minimum atomic E-state index is -0.627. The van der Waals surface area contributed by atoms with Gasteiger partial charge in [-0.15, -0.1) is 0 Å². The minimum absolute atomic E-state index is 0.172. The van der Waals surface area contributed by atoms with E-state index in [4.69, 9.17) is 22.1 Å². The normalized spacial score (nSPS) is 19.7. The SMILES string of the molecule is CN(CC(N)=O)C(=O)[C@@H]1CN(C(=O)OC(C)(C)C)C[C@H]1c1ccc(Cl)cc1. The fourth-order valence-electron chi connectivity index (χ4n) is 3.17. The number of benzene rings is 1. The van der Waals surface area contributed by atoms with E-state index in [1.165, 1.54) is 16.8 Å². The molecule has 8 heteroatoms. The highest BCUT2D eigenvalue weighted by molar-refractivity contribution is 6.30. The number of nitrogens with two attached hydrogens (primary N) is 1. The molecule has 148 valence electrons. The van der Waals surface area contributed by atoms with Crippen molar-refractivity contribution in [1.82, 2.24) is 9.80 Å². The maximum atomic E-state index is 12.9. The van der Waals surface area contributed by atoms with Gasteiger partial charge >= 0.3 is 6.09 Å². The molecule has 0 aromatic heterocycles. The zero-order valence-electron chi connectivity index (χ0n) is 16.1. The van der Waals surface area contributed by atoms with Gasteiger partial charge in [0.25, 0.3) is 0 Å². The molecular weight excluding hydrogens is 370 g/mol. The highest BCUT2D eigenvalue weighted by Gasteiger charge is 2.42. The van der Waals surface area contributed by atoms with E-state index in [-0.39, 0.29) is 24.9 Å². The van der Waals surface area contributed by atoms with Crippen molar-refractivity contribution < 1.29 is 19.1 Å². The number of rotatable bonds is 4. The fraction of sp³-hybridized carbons (Fsp3) is 0.526. The minimum Gasteiger partial charge on any atom is -0.444 e. The summed E-state index contributed by atoms with van der Waals surface area (Å²) in [6.45, 7) is 5.76. The van der Waals surface area contributed by atoms with Gasteiger partial charge in [-0.05, 0) is 38.5 Å².